The molecule has 1 unspecified atom stereocenters. The van der Waals surface area contributed by atoms with Crippen molar-refractivity contribution in [2.45, 2.75) is 12.3 Å². The molecule has 8 heteroatoms. The van der Waals surface area contributed by atoms with Crippen molar-refractivity contribution in [2.75, 3.05) is 32.0 Å². The number of amides is 1. The lowest BCUT2D eigenvalue weighted by Gasteiger charge is -2.40. The molecule has 2 aromatic rings. The second-order valence-corrected chi connectivity index (χ2v) is 8.62. The SMILES string of the molecule is CN1CCN2Cc3ccc(C(=O)Nc4ncc(Br)s4)cc3C2(F)C1. The molecule has 1 saturated heterocycles. The van der Waals surface area contributed by atoms with Crippen LogP contribution in [-0.2, 0) is 12.3 Å². The number of halogens is 2. The summed E-state index contributed by atoms with van der Waals surface area (Å²) in [4.78, 5) is 20.4. The molecule has 24 heavy (non-hydrogen) atoms. The van der Waals surface area contributed by atoms with Gasteiger partial charge < -0.3 is 4.90 Å². The number of benzene rings is 1. The van der Waals surface area contributed by atoms with Crippen molar-refractivity contribution >= 4 is 38.3 Å². The molecule has 5 nitrogen and oxygen atoms in total. The van der Waals surface area contributed by atoms with E-state index in [2.05, 4.69) is 26.2 Å². The molecule has 4 rings (SSSR count). The lowest BCUT2D eigenvalue weighted by Crippen LogP contribution is -2.53. The molecule has 0 spiro atoms. The van der Waals surface area contributed by atoms with Crippen molar-refractivity contribution in [1.29, 1.82) is 0 Å². The van der Waals surface area contributed by atoms with Gasteiger partial charge in [-0.2, -0.15) is 0 Å². The molecule has 1 amide bonds. The average Bonchev–Trinajstić information content (AvgIpc) is 3.07. The van der Waals surface area contributed by atoms with Crippen LogP contribution in [0.2, 0.25) is 0 Å². The van der Waals surface area contributed by atoms with Crippen molar-refractivity contribution in [3.63, 3.8) is 0 Å². The Kier molecular flexibility index (Phi) is 3.95. The zero-order valence-electron chi connectivity index (χ0n) is 13.1. The Morgan fingerprint density at radius 3 is 3.04 bits per heavy atom. The van der Waals surface area contributed by atoms with E-state index in [1.54, 1.807) is 18.3 Å². The Bertz CT molecular complexity index is 813. The smallest absolute Gasteiger partial charge is 0.257 e. The molecule has 1 fully saturated rings. The highest BCUT2D eigenvalue weighted by Gasteiger charge is 2.48. The highest BCUT2D eigenvalue weighted by Crippen LogP contribution is 2.43. The number of carbonyl (C=O) groups is 1. The summed E-state index contributed by atoms with van der Waals surface area (Å²) in [5.74, 6) is -1.78. The maximum atomic E-state index is 15.6. The Morgan fingerprint density at radius 1 is 1.46 bits per heavy atom. The monoisotopic (exact) mass is 410 g/mol. The number of carbonyl (C=O) groups excluding carboxylic acids is 1. The number of thiazole rings is 1. The number of hydrogen-bond acceptors (Lipinski definition) is 5. The molecule has 1 aromatic carbocycles. The second-order valence-electron chi connectivity index (χ2n) is 6.21. The minimum atomic E-state index is -1.51. The van der Waals surface area contributed by atoms with Gasteiger partial charge in [0.2, 0.25) is 5.79 Å². The van der Waals surface area contributed by atoms with Gasteiger partial charge in [0, 0.05) is 30.8 Å². The van der Waals surface area contributed by atoms with Gasteiger partial charge in [-0.1, -0.05) is 17.4 Å². The first-order valence-corrected chi connectivity index (χ1v) is 9.25. The Hall–Kier alpha value is -1.35. The molecular formula is C16H16BrFN4OS. The Morgan fingerprint density at radius 2 is 2.29 bits per heavy atom. The van der Waals surface area contributed by atoms with Crippen molar-refractivity contribution in [3.05, 3.63) is 44.9 Å². The zero-order chi connectivity index (χ0) is 16.9. The normalized spacial score (nSPS) is 23.8. The van der Waals surface area contributed by atoms with Crippen LogP contribution in [0, 0.1) is 0 Å². The number of alkyl halides is 1. The molecular weight excluding hydrogens is 395 g/mol. The number of hydrogen-bond donors (Lipinski definition) is 1. The van der Waals surface area contributed by atoms with Gasteiger partial charge >= 0.3 is 0 Å². The van der Waals surface area contributed by atoms with Crippen LogP contribution >= 0.6 is 27.3 Å². The van der Waals surface area contributed by atoms with Crippen molar-refractivity contribution in [3.8, 4) is 0 Å². The number of nitrogens with zero attached hydrogens (tertiary/aromatic N) is 3. The van der Waals surface area contributed by atoms with Crippen LogP contribution in [-0.4, -0.2) is 47.4 Å². The number of fused-ring (bicyclic) bond motifs is 3. The summed E-state index contributed by atoms with van der Waals surface area (Å²) in [6, 6.07) is 5.30. The van der Waals surface area contributed by atoms with Gasteiger partial charge in [-0.25, -0.2) is 9.37 Å². The van der Waals surface area contributed by atoms with Gasteiger partial charge in [0.25, 0.3) is 5.91 Å². The van der Waals surface area contributed by atoms with E-state index in [4.69, 9.17) is 0 Å². The van der Waals surface area contributed by atoms with Crippen LogP contribution in [0.3, 0.4) is 0 Å². The van der Waals surface area contributed by atoms with Crippen LogP contribution in [0.4, 0.5) is 9.52 Å². The van der Waals surface area contributed by atoms with Gasteiger partial charge in [-0.05, 0) is 40.7 Å². The van der Waals surface area contributed by atoms with E-state index < -0.39 is 5.79 Å². The predicted octanol–water partition coefficient (Wildman–Crippen LogP) is 3.04. The molecule has 0 saturated carbocycles. The fourth-order valence-corrected chi connectivity index (χ4v) is 4.47. The standard InChI is InChI=1S/C16H16BrFN4OS/c1-21-4-5-22-8-11-3-2-10(6-12(11)16(22,18)9-21)14(23)20-15-19-7-13(17)24-15/h2-3,6-7H,4-5,8-9H2,1H3,(H,19,20,23). The lowest BCUT2D eigenvalue weighted by molar-refractivity contribution is -0.0834. The van der Waals surface area contributed by atoms with Crippen molar-refractivity contribution < 1.29 is 9.18 Å². The molecule has 1 aromatic heterocycles. The number of anilines is 1. The summed E-state index contributed by atoms with van der Waals surface area (Å²) in [6.07, 6.45) is 1.63. The molecule has 1 atom stereocenters. The minimum absolute atomic E-state index is 0.272. The summed E-state index contributed by atoms with van der Waals surface area (Å²) in [5, 5.41) is 3.27. The molecule has 2 aliphatic rings. The topological polar surface area (TPSA) is 48.5 Å². The molecule has 3 heterocycles. The summed E-state index contributed by atoms with van der Waals surface area (Å²) in [7, 11) is 1.92. The third kappa shape index (κ3) is 2.67. The summed E-state index contributed by atoms with van der Waals surface area (Å²) >= 11 is 4.65. The molecule has 0 bridgehead atoms. The molecule has 2 aliphatic heterocycles. The summed E-state index contributed by atoms with van der Waals surface area (Å²) in [5.41, 5.74) is 2.02. The molecule has 126 valence electrons. The molecule has 0 radical (unpaired) electrons. The van der Waals surface area contributed by atoms with Crippen LogP contribution in [0.25, 0.3) is 0 Å². The van der Waals surface area contributed by atoms with E-state index in [1.807, 2.05) is 22.9 Å². The van der Waals surface area contributed by atoms with E-state index in [-0.39, 0.29) is 5.91 Å². The molecule has 1 N–H and O–H groups in total. The van der Waals surface area contributed by atoms with Crippen LogP contribution in [0.15, 0.2) is 28.2 Å². The van der Waals surface area contributed by atoms with E-state index in [9.17, 15) is 4.79 Å². The summed E-state index contributed by atoms with van der Waals surface area (Å²) < 4.78 is 16.5. The molecule has 0 aliphatic carbocycles. The minimum Gasteiger partial charge on any atom is -0.300 e. The number of nitrogens with one attached hydrogen (secondary N) is 1. The Labute approximate surface area is 151 Å². The van der Waals surface area contributed by atoms with Gasteiger partial charge in [-0.15, -0.1) is 0 Å². The lowest BCUT2D eigenvalue weighted by atomic mass is 9.98. The Balaban J connectivity index is 1.63. The van der Waals surface area contributed by atoms with E-state index in [0.29, 0.717) is 35.9 Å². The van der Waals surface area contributed by atoms with E-state index in [1.165, 1.54) is 11.3 Å². The highest BCUT2D eigenvalue weighted by atomic mass is 79.9. The maximum absolute atomic E-state index is 15.6. The van der Waals surface area contributed by atoms with Crippen LogP contribution in [0.1, 0.15) is 21.5 Å². The first-order chi connectivity index (χ1) is 11.5. The van der Waals surface area contributed by atoms with Crippen LogP contribution in [0.5, 0.6) is 0 Å². The van der Waals surface area contributed by atoms with E-state index >= 15 is 4.39 Å². The number of likely N-dealkylation sites (N-methyl/N-ethyl adjacent to an activating group) is 1. The average molecular weight is 411 g/mol. The fraction of sp³-hybridized carbons (Fsp3) is 0.375. The summed E-state index contributed by atoms with van der Waals surface area (Å²) in [6.45, 7) is 2.47. The predicted molar refractivity (Wildman–Crippen MR) is 94.9 cm³/mol. The third-order valence-corrected chi connectivity index (χ3v) is 5.97. The first-order valence-electron chi connectivity index (χ1n) is 7.64. The van der Waals surface area contributed by atoms with Gasteiger partial charge in [0.05, 0.1) is 16.5 Å². The number of aromatic nitrogens is 1. The zero-order valence-corrected chi connectivity index (χ0v) is 15.5. The largest absolute Gasteiger partial charge is 0.300 e. The number of piperazine rings is 1. The van der Waals surface area contributed by atoms with Gasteiger partial charge in [-0.3, -0.25) is 15.0 Å². The fourth-order valence-electron chi connectivity index (χ4n) is 3.36. The quantitative estimate of drug-likeness (QED) is 0.772. The second kappa shape index (κ2) is 5.87. The number of rotatable bonds is 2. The first kappa shape index (κ1) is 16.1. The third-order valence-electron chi connectivity index (χ3n) is 4.58. The van der Waals surface area contributed by atoms with Gasteiger partial charge in [0.15, 0.2) is 5.13 Å². The van der Waals surface area contributed by atoms with Crippen LogP contribution < -0.4 is 5.32 Å². The van der Waals surface area contributed by atoms with Crippen molar-refractivity contribution in [2.24, 2.45) is 0 Å². The highest BCUT2D eigenvalue weighted by molar-refractivity contribution is 9.11. The van der Waals surface area contributed by atoms with Gasteiger partial charge in [0.1, 0.15) is 0 Å². The van der Waals surface area contributed by atoms with E-state index in [0.717, 1.165) is 15.9 Å². The van der Waals surface area contributed by atoms with Crippen molar-refractivity contribution in [1.82, 2.24) is 14.8 Å². The maximum Gasteiger partial charge on any atom is 0.257 e.